The zero-order valence-corrected chi connectivity index (χ0v) is 35.4. The quantitative estimate of drug-likeness (QED) is 0.172. The third kappa shape index (κ3) is 8.86. The van der Waals surface area contributed by atoms with Gasteiger partial charge in [-0.25, -0.2) is 9.97 Å². The second kappa shape index (κ2) is 18.3. The maximum absolute atomic E-state index is 5.39. The standard InChI is InChI=1S/C56H38N4O4/c1-61-41-17-5-37(6-18-41)13-25-45-49-29-31-51(57-49)46(26-14-38-7-19-42(62-2)20-8-38)53-33-35-55(59-53)48(28-16-40-11-23-44(64-4)24-12-40)56-36-34-54(60-56)47(52-32-30-50(45)58-52)27-15-39-9-21-43(63-3)22-10-39/h5-12,17-24,29-36,57-58H,1-4H3. The summed E-state index contributed by atoms with van der Waals surface area (Å²) < 4.78 is 21.6. The SMILES string of the molecule is COc1ccc(C#Cc2c3nc(c(C#Cc4ccc(OC)cc4)c4ccc([nH]4)c(C#Cc4ccc(OC)cc4)c4ccc([nH]4)c(C#Cc4ccc(OC)cc4)c4nc2C=C4)C=C3)cc1. The maximum Gasteiger partial charge on any atom is 0.118 e. The van der Waals surface area contributed by atoms with Gasteiger partial charge in [-0.3, -0.25) is 0 Å². The molecule has 4 aromatic carbocycles. The van der Waals surface area contributed by atoms with Crippen LogP contribution in [-0.2, 0) is 0 Å². The molecule has 0 spiro atoms. The number of nitrogens with one attached hydrogen (secondary N) is 2. The van der Waals surface area contributed by atoms with Crippen molar-refractivity contribution in [2.45, 2.75) is 0 Å². The van der Waals surface area contributed by atoms with Crippen LogP contribution in [0.2, 0.25) is 0 Å². The molecule has 3 aromatic heterocycles. The Morgan fingerprint density at radius 1 is 0.297 bits per heavy atom. The summed E-state index contributed by atoms with van der Waals surface area (Å²) in [6.45, 7) is 0. The Labute approximate surface area is 371 Å². The Morgan fingerprint density at radius 3 is 0.844 bits per heavy atom. The van der Waals surface area contributed by atoms with Crippen molar-refractivity contribution < 1.29 is 18.9 Å². The Kier molecular flexibility index (Phi) is 11.5. The first kappa shape index (κ1) is 40.3. The number of nitrogens with zero attached hydrogens (tertiary/aromatic N) is 2. The molecule has 5 heterocycles. The molecule has 7 aromatic rings. The van der Waals surface area contributed by atoms with Crippen molar-refractivity contribution in [3.63, 3.8) is 0 Å². The van der Waals surface area contributed by atoms with E-state index in [2.05, 4.69) is 57.3 Å². The van der Waals surface area contributed by atoms with E-state index in [1.54, 1.807) is 28.4 Å². The Balaban J connectivity index is 1.34. The molecule has 0 unspecified atom stereocenters. The molecule has 8 nitrogen and oxygen atoms in total. The molecule has 9 rings (SSSR count). The highest BCUT2D eigenvalue weighted by molar-refractivity contribution is 5.88. The molecule has 0 amide bonds. The van der Waals surface area contributed by atoms with Crippen LogP contribution in [0.15, 0.2) is 121 Å². The molecule has 0 atom stereocenters. The monoisotopic (exact) mass is 830 g/mol. The van der Waals surface area contributed by atoms with Crippen LogP contribution >= 0.6 is 0 Å². The minimum Gasteiger partial charge on any atom is -0.497 e. The van der Waals surface area contributed by atoms with E-state index < -0.39 is 0 Å². The van der Waals surface area contributed by atoms with E-state index in [4.69, 9.17) is 28.9 Å². The highest BCUT2D eigenvalue weighted by atomic mass is 16.5. The second-order valence-corrected chi connectivity index (χ2v) is 14.4. The molecular weight excluding hydrogens is 793 g/mol. The summed E-state index contributed by atoms with van der Waals surface area (Å²) in [4.78, 5) is 17.7. The lowest BCUT2D eigenvalue weighted by Gasteiger charge is -1.99. The summed E-state index contributed by atoms with van der Waals surface area (Å²) in [6, 6.07) is 38.6. The van der Waals surface area contributed by atoms with Crippen LogP contribution in [0.25, 0.3) is 46.4 Å². The average molecular weight is 831 g/mol. The van der Waals surface area contributed by atoms with Gasteiger partial charge in [0.05, 0.1) is 95.5 Å². The Hall–Kier alpha value is -9.08. The van der Waals surface area contributed by atoms with Gasteiger partial charge in [0.1, 0.15) is 23.0 Å². The molecule has 64 heavy (non-hydrogen) atoms. The zero-order valence-electron chi connectivity index (χ0n) is 35.4. The molecule has 0 radical (unpaired) electrons. The smallest absolute Gasteiger partial charge is 0.118 e. The molecule has 0 saturated heterocycles. The summed E-state index contributed by atoms with van der Waals surface area (Å²) in [7, 11) is 6.58. The molecule has 8 bridgehead atoms. The second-order valence-electron chi connectivity index (χ2n) is 14.4. The van der Waals surface area contributed by atoms with Gasteiger partial charge in [0.15, 0.2) is 0 Å². The minimum atomic E-state index is 0.647. The van der Waals surface area contributed by atoms with Gasteiger partial charge in [0.2, 0.25) is 0 Å². The van der Waals surface area contributed by atoms with Crippen LogP contribution in [0.3, 0.4) is 0 Å². The highest BCUT2D eigenvalue weighted by Crippen LogP contribution is 2.27. The summed E-state index contributed by atoms with van der Waals surface area (Å²) in [5.74, 6) is 30.2. The van der Waals surface area contributed by atoms with Crippen molar-refractivity contribution in [1.29, 1.82) is 0 Å². The third-order valence-electron chi connectivity index (χ3n) is 10.4. The van der Waals surface area contributed by atoms with E-state index in [0.717, 1.165) is 72.9 Å². The van der Waals surface area contributed by atoms with Crippen LogP contribution in [0.5, 0.6) is 23.0 Å². The van der Waals surface area contributed by atoms with E-state index in [9.17, 15) is 0 Å². The van der Waals surface area contributed by atoms with Gasteiger partial charge in [0.25, 0.3) is 0 Å². The first-order valence-corrected chi connectivity index (χ1v) is 20.3. The summed E-state index contributed by atoms with van der Waals surface area (Å²) in [6.07, 6.45) is 7.85. The van der Waals surface area contributed by atoms with Crippen LogP contribution in [-0.4, -0.2) is 48.4 Å². The molecule has 0 saturated carbocycles. The molecule has 0 aliphatic carbocycles. The highest BCUT2D eigenvalue weighted by Gasteiger charge is 2.15. The van der Waals surface area contributed by atoms with Gasteiger partial charge in [-0.1, -0.05) is 47.4 Å². The number of hydrogen-bond donors (Lipinski definition) is 2. The lowest BCUT2D eigenvalue weighted by Crippen LogP contribution is -1.91. The van der Waals surface area contributed by atoms with Gasteiger partial charge in [-0.2, -0.15) is 0 Å². The van der Waals surface area contributed by atoms with Crippen molar-refractivity contribution in [1.82, 2.24) is 19.9 Å². The number of fused-ring (bicyclic) bond motifs is 8. The van der Waals surface area contributed by atoms with E-state index in [1.165, 1.54) is 0 Å². The third-order valence-corrected chi connectivity index (χ3v) is 10.4. The number of hydrogen-bond acceptors (Lipinski definition) is 6. The fourth-order valence-corrected chi connectivity index (χ4v) is 6.97. The Bertz CT molecular complexity index is 3250. The minimum absolute atomic E-state index is 0.647. The number of aromatic amines is 2. The van der Waals surface area contributed by atoms with Crippen LogP contribution in [0.4, 0.5) is 0 Å². The average Bonchev–Trinajstić information content (AvgIpc) is 4.20. The fraction of sp³-hybridized carbons (Fsp3) is 0.0714. The van der Waals surface area contributed by atoms with Gasteiger partial charge >= 0.3 is 0 Å². The van der Waals surface area contributed by atoms with E-state index in [1.807, 2.05) is 146 Å². The van der Waals surface area contributed by atoms with Crippen molar-refractivity contribution in [2.24, 2.45) is 0 Å². The van der Waals surface area contributed by atoms with Gasteiger partial charge in [-0.15, -0.1) is 0 Å². The molecule has 2 aliphatic heterocycles. The van der Waals surface area contributed by atoms with Crippen LogP contribution < -0.4 is 18.9 Å². The summed E-state index contributed by atoms with van der Waals surface area (Å²) >= 11 is 0. The number of H-pyrrole nitrogens is 2. The largest absolute Gasteiger partial charge is 0.497 e. The first-order chi connectivity index (χ1) is 31.5. The molecular formula is C56H38N4O4. The lowest BCUT2D eigenvalue weighted by atomic mass is 10.1. The lowest BCUT2D eigenvalue weighted by molar-refractivity contribution is 0.414. The molecule has 2 N–H and O–H groups in total. The normalized spacial score (nSPS) is 10.8. The topological polar surface area (TPSA) is 94.3 Å². The van der Waals surface area contributed by atoms with E-state index >= 15 is 0 Å². The predicted octanol–water partition coefficient (Wildman–Crippen LogP) is 10.3. The summed E-state index contributed by atoms with van der Waals surface area (Å²) in [5.41, 5.74) is 11.8. The van der Waals surface area contributed by atoms with Gasteiger partial charge in [-0.05, 0) is 146 Å². The maximum atomic E-state index is 5.39. The van der Waals surface area contributed by atoms with Gasteiger partial charge in [0, 0.05) is 22.3 Å². The van der Waals surface area contributed by atoms with Crippen LogP contribution in [0.1, 0.15) is 67.3 Å². The van der Waals surface area contributed by atoms with Crippen molar-refractivity contribution >= 4 is 46.4 Å². The number of ether oxygens (including phenoxy) is 4. The molecule has 8 heteroatoms. The molecule has 0 fully saturated rings. The van der Waals surface area contributed by atoms with Gasteiger partial charge < -0.3 is 28.9 Å². The summed E-state index contributed by atoms with van der Waals surface area (Å²) in [5, 5.41) is 0. The molecule has 2 aliphatic rings. The number of methoxy groups -OCH3 is 4. The first-order valence-electron chi connectivity index (χ1n) is 20.3. The zero-order chi connectivity index (χ0) is 43.8. The van der Waals surface area contributed by atoms with Crippen molar-refractivity contribution in [3.05, 3.63) is 189 Å². The fourth-order valence-electron chi connectivity index (χ4n) is 6.97. The molecule has 306 valence electrons. The van der Waals surface area contributed by atoms with E-state index in [0.29, 0.717) is 39.5 Å². The van der Waals surface area contributed by atoms with E-state index in [-0.39, 0.29) is 0 Å². The predicted molar refractivity (Wildman–Crippen MR) is 255 cm³/mol. The number of benzene rings is 4. The van der Waals surface area contributed by atoms with Crippen molar-refractivity contribution in [3.8, 4) is 70.4 Å². The van der Waals surface area contributed by atoms with Crippen LogP contribution in [0, 0.1) is 47.4 Å². The Morgan fingerprint density at radius 2 is 0.547 bits per heavy atom. The van der Waals surface area contributed by atoms with Crippen molar-refractivity contribution in [2.75, 3.05) is 28.4 Å². The number of aromatic nitrogens is 4. The number of rotatable bonds is 4.